The third kappa shape index (κ3) is 3.56. The van der Waals surface area contributed by atoms with E-state index in [2.05, 4.69) is 10.6 Å². The number of thiophene rings is 1. The number of furan rings is 1. The van der Waals surface area contributed by atoms with Gasteiger partial charge in [0, 0.05) is 21.2 Å². The number of carbonyl (C=O) groups excluding carboxylic acids is 2. The van der Waals surface area contributed by atoms with Crippen LogP contribution in [0.4, 0.5) is 11.4 Å². The summed E-state index contributed by atoms with van der Waals surface area (Å²) in [5.74, 6) is -0.831. The van der Waals surface area contributed by atoms with Crippen LogP contribution in [0, 0.1) is 0 Å². The van der Waals surface area contributed by atoms with Gasteiger partial charge in [0.25, 0.3) is 11.8 Å². The quantitative estimate of drug-likeness (QED) is 0.318. The highest BCUT2D eigenvalue weighted by molar-refractivity contribution is 7.21. The van der Waals surface area contributed by atoms with Crippen LogP contribution in [-0.4, -0.2) is 11.8 Å². The summed E-state index contributed by atoms with van der Waals surface area (Å²) >= 11 is 7.77. The molecule has 3 aromatic carbocycles. The number of hydrogen-bond donors (Lipinski definition) is 2. The zero-order valence-corrected chi connectivity index (χ0v) is 17.6. The fourth-order valence-corrected chi connectivity index (χ4v) is 4.78. The first-order valence-electron chi connectivity index (χ1n) is 9.48. The molecule has 0 unspecified atom stereocenters. The van der Waals surface area contributed by atoms with Gasteiger partial charge in [0.15, 0.2) is 0 Å². The summed E-state index contributed by atoms with van der Waals surface area (Å²) < 4.78 is 6.72. The van der Waals surface area contributed by atoms with Gasteiger partial charge in [-0.25, -0.2) is 0 Å². The van der Waals surface area contributed by atoms with Crippen molar-refractivity contribution in [3.05, 3.63) is 94.5 Å². The Morgan fingerprint density at radius 1 is 0.774 bits per heavy atom. The first-order valence-corrected chi connectivity index (χ1v) is 10.7. The second kappa shape index (κ2) is 7.91. The van der Waals surface area contributed by atoms with Crippen molar-refractivity contribution < 1.29 is 14.0 Å². The number of hydrogen-bond acceptors (Lipinski definition) is 4. The van der Waals surface area contributed by atoms with Crippen LogP contribution in [0.3, 0.4) is 0 Å². The molecule has 2 N–H and O–H groups in total. The molecule has 5 rings (SSSR count). The zero-order valence-electron chi connectivity index (χ0n) is 16.0. The highest BCUT2D eigenvalue weighted by atomic mass is 35.5. The van der Waals surface area contributed by atoms with Gasteiger partial charge in [-0.05, 0) is 30.3 Å². The van der Waals surface area contributed by atoms with Crippen LogP contribution in [0.15, 0.2) is 83.3 Å². The van der Waals surface area contributed by atoms with Crippen LogP contribution in [0.25, 0.3) is 21.1 Å². The van der Waals surface area contributed by atoms with Crippen molar-refractivity contribution in [3.8, 4) is 0 Å². The fraction of sp³-hybridized carbons (Fsp3) is 0. The molecular weight excluding hydrogens is 432 g/mol. The highest BCUT2D eigenvalue weighted by Gasteiger charge is 2.25. The van der Waals surface area contributed by atoms with Crippen LogP contribution in [0.5, 0.6) is 0 Å². The van der Waals surface area contributed by atoms with Crippen LogP contribution >= 0.6 is 22.9 Å². The first kappa shape index (κ1) is 19.4. The monoisotopic (exact) mass is 446 g/mol. The van der Waals surface area contributed by atoms with Crippen molar-refractivity contribution >= 4 is 67.2 Å². The molecule has 0 radical (unpaired) electrons. The van der Waals surface area contributed by atoms with Crippen LogP contribution in [-0.2, 0) is 0 Å². The molecule has 2 aromatic heterocycles. The van der Waals surface area contributed by atoms with Crippen molar-refractivity contribution in [2.75, 3.05) is 10.6 Å². The van der Waals surface area contributed by atoms with Crippen molar-refractivity contribution in [2.24, 2.45) is 0 Å². The number of para-hydroxylation sites is 2. The van der Waals surface area contributed by atoms with Crippen molar-refractivity contribution in [3.63, 3.8) is 0 Å². The number of amides is 2. The molecule has 0 spiro atoms. The van der Waals surface area contributed by atoms with Gasteiger partial charge >= 0.3 is 0 Å². The summed E-state index contributed by atoms with van der Waals surface area (Å²) in [6.45, 7) is 0. The third-order valence-corrected chi connectivity index (χ3v) is 6.49. The SMILES string of the molecule is O=C(Nc1ccccc1)c1oc2ccccc2c1NC(=O)c1sc2ccccc2c1Cl. The summed E-state index contributed by atoms with van der Waals surface area (Å²) in [7, 11) is 0. The normalized spacial score (nSPS) is 11.0. The summed E-state index contributed by atoms with van der Waals surface area (Å²) in [5.41, 5.74) is 1.43. The molecule has 0 bridgehead atoms. The molecule has 2 heterocycles. The van der Waals surface area contributed by atoms with Gasteiger partial charge in [0.05, 0.1) is 5.02 Å². The third-order valence-electron chi connectivity index (χ3n) is 4.81. The topological polar surface area (TPSA) is 71.3 Å². The first-order chi connectivity index (χ1) is 15.1. The molecule has 0 saturated heterocycles. The maximum atomic E-state index is 13.1. The van der Waals surface area contributed by atoms with Crippen molar-refractivity contribution in [2.45, 2.75) is 0 Å². The van der Waals surface area contributed by atoms with Crippen LogP contribution in [0.2, 0.25) is 5.02 Å². The largest absolute Gasteiger partial charge is 0.449 e. The van der Waals surface area contributed by atoms with Crippen LogP contribution in [0.1, 0.15) is 20.2 Å². The van der Waals surface area contributed by atoms with Gasteiger partial charge in [0.1, 0.15) is 16.1 Å². The van der Waals surface area contributed by atoms with Gasteiger partial charge < -0.3 is 15.1 Å². The molecule has 0 aliphatic heterocycles. The number of carbonyl (C=O) groups is 2. The van der Waals surface area contributed by atoms with Crippen molar-refractivity contribution in [1.29, 1.82) is 0 Å². The molecule has 0 fully saturated rings. The second-order valence-corrected chi connectivity index (χ2v) is 8.25. The number of benzene rings is 3. The molecule has 152 valence electrons. The van der Waals surface area contributed by atoms with E-state index in [1.807, 2.05) is 48.5 Å². The molecular formula is C24H15ClN2O3S. The molecule has 0 aliphatic rings. The van der Waals surface area contributed by atoms with E-state index in [9.17, 15) is 9.59 Å². The fourth-order valence-electron chi connectivity index (χ4n) is 3.37. The summed E-state index contributed by atoms with van der Waals surface area (Å²) in [6, 6.07) is 23.8. The lowest BCUT2D eigenvalue weighted by atomic mass is 10.2. The predicted octanol–water partition coefficient (Wildman–Crippen LogP) is 6.81. The second-order valence-electron chi connectivity index (χ2n) is 6.82. The number of nitrogens with one attached hydrogen (secondary N) is 2. The Bertz CT molecular complexity index is 1440. The molecule has 0 saturated carbocycles. The zero-order chi connectivity index (χ0) is 21.4. The highest BCUT2D eigenvalue weighted by Crippen LogP contribution is 2.37. The Morgan fingerprint density at radius 2 is 1.45 bits per heavy atom. The molecule has 31 heavy (non-hydrogen) atoms. The number of halogens is 1. The Labute approximate surface area is 186 Å². The molecule has 5 nitrogen and oxygen atoms in total. The number of rotatable bonds is 4. The lowest BCUT2D eigenvalue weighted by Crippen LogP contribution is -2.16. The van der Waals surface area contributed by atoms with Gasteiger partial charge in [0.2, 0.25) is 5.76 Å². The lowest BCUT2D eigenvalue weighted by Gasteiger charge is -2.07. The Hall–Kier alpha value is -3.61. The Morgan fingerprint density at radius 3 is 2.23 bits per heavy atom. The van der Waals surface area contributed by atoms with Gasteiger partial charge in [-0.3, -0.25) is 9.59 Å². The van der Waals surface area contributed by atoms with E-state index in [4.69, 9.17) is 16.0 Å². The molecule has 0 atom stereocenters. The minimum absolute atomic E-state index is 0.0237. The van der Waals surface area contributed by atoms with E-state index in [-0.39, 0.29) is 5.76 Å². The average molecular weight is 447 g/mol. The van der Waals surface area contributed by atoms with E-state index in [0.717, 1.165) is 10.1 Å². The Kier molecular flexibility index (Phi) is 4.94. The minimum atomic E-state index is -0.458. The van der Waals surface area contributed by atoms with E-state index >= 15 is 0 Å². The minimum Gasteiger partial charge on any atom is -0.449 e. The van der Waals surface area contributed by atoms with E-state index in [1.54, 1.807) is 30.3 Å². The Balaban J connectivity index is 1.54. The smallest absolute Gasteiger partial charge is 0.293 e. The standard InChI is InChI=1S/C24H15ClN2O3S/c25-19-16-11-5-7-13-18(16)31-22(19)24(29)27-20-15-10-4-6-12-17(15)30-21(20)23(28)26-14-8-2-1-3-9-14/h1-13H,(H,26,28)(H,27,29). The van der Waals surface area contributed by atoms with Crippen LogP contribution < -0.4 is 10.6 Å². The van der Waals surface area contributed by atoms with Gasteiger partial charge in [-0.2, -0.15) is 0 Å². The van der Waals surface area contributed by atoms with Gasteiger partial charge in [-0.1, -0.05) is 60.1 Å². The molecule has 7 heteroatoms. The summed E-state index contributed by atoms with van der Waals surface area (Å²) in [6.07, 6.45) is 0. The predicted molar refractivity (Wildman–Crippen MR) is 125 cm³/mol. The lowest BCUT2D eigenvalue weighted by molar-refractivity contribution is 0.1000. The molecule has 0 aliphatic carbocycles. The van der Waals surface area contributed by atoms with Crippen molar-refractivity contribution in [1.82, 2.24) is 0 Å². The van der Waals surface area contributed by atoms with E-state index in [0.29, 0.717) is 32.2 Å². The molecule has 5 aromatic rings. The van der Waals surface area contributed by atoms with E-state index in [1.165, 1.54) is 11.3 Å². The van der Waals surface area contributed by atoms with Gasteiger partial charge in [-0.15, -0.1) is 11.3 Å². The maximum Gasteiger partial charge on any atom is 0.293 e. The molecule has 2 amide bonds. The average Bonchev–Trinajstić information content (AvgIpc) is 3.33. The summed E-state index contributed by atoms with van der Waals surface area (Å²) in [5, 5.41) is 7.49. The number of anilines is 2. The summed E-state index contributed by atoms with van der Waals surface area (Å²) in [4.78, 5) is 26.4. The maximum absolute atomic E-state index is 13.1. The van der Waals surface area contributed by atoms with E-state index < -0.39 is 11.8 Å². The number of fused-ring (bicyclic) bond motifs is 2.